The third-order valence-electron chi connectivity index (χ3n) is 4.75. The molecule has 0 atom stereocenters. The van der Waals surface area contributed by atoms with Gasteiger partial charge in [0.05, 0.1) is 0 Å². The summed E-state index contributed by atoms with van der Waals surface area (Å²) in [6.45, 7) is 13.7. The lowest BCUT2D eigenvalue weighted by Gasteiger charge is -2.19. The fourth-order valence-electron chi connectivity index (χ4n) is 3.33. The van der Waals surface area contributed by atoms with Crippen molar-refractivity contribution >= 4 is 10.8 Å². The van der Waals surface area contributed by atoms with Crippen molar-refractivity contribution in [2.45, 2.75) is 67.2 Å². The predicted octanol–water partition coefficient (Wildman–Crippen LogP) is 5.98. The van der Waals surface area contributed by atoms with E-state index in [1.165, 1.54) is 58.7 Å². The van der Waals surface area contributed by atoms with Crippen molar-refractivity contribution < 1.29 is 0 Å². The van der Waals surface area contributed by atoms with E-state index in [9.17, 15) is 0 Å². The molecule has 0 heterocycles. The van der Waals surface area contributed by atoms with E-state index in [1.807, 2.05) is 0 Å². The van der Waals surface area contributed by atoms with Crippen LogP contribution in [0.25, 0.3) is 10.8 Å². The highest BCUT2D eigenvalue weighted by Crippen LogP contribution is 2.33. The molecule has 0 aliphatic carbocycles. The Labute approximate surface area is 124 Å². The molecule has 2 aromatic carbocycles. The van der Waals surface area contributed by atoms with E-state index < -0.39 is 0 Å². The van der Waals surface area contributed by atoms with Gasteiger partial charge in [-0.15, -0.1) is 0 Å². The Bertz CT molecular complexity index is 575. The maximum atomic E-state index is 2.42. The molecule has 0 aliphatic heterocycles. The highest BCUT2D eigenvalue weighted by atomic mass is 14.2. The summed E-state index contributed by atoms with van der Waals surface area (Å²) in [5.74, 6) is 0. The normalized spacial score (nSPS) is 11.3. The summed E-state index contributed by atoms with van der Waals surface area (Å²) in [4.78, 5) is 0. The van der Waals surface area contributed by atoms with Gasteiger partial charge in [0.15, 0.2) is 0 Å². The summed E-state index contributed by atoms with van der Waals surface area (Å²) in [7, 11) is 0. The van der Waals surface area contributed by atoms with E-state index in [0.717, 1.165) is 0 Å². The van der Waals surface area contributed by atoms with Crippen LogP contribution in [0.2, 0.25) is 0 Å². The van der Waals surface area contributed by atoms with Gasteiger partial charge < -0.3 is 0 Å². The molecule has 0 bridgehead atoms. The molecule has 0 aromatic heterocycles. The third-order valence-corrected chi connectivity index (χ3v) is 4.75. The fraction of sp³-hybridized carbons (Fsp3) is 0.500. The van der Waals surface area contributed by atoms with Gasteiger partial charge in [-0.1, -0.05) is 38.8 Å². The van der Waals surface area contributed by atoms with Crippen molar-refractivity contribution in [3.8, 4) is 0 Å². The lowest BCUT2D eigenvalue weighted by molar-refractivity contribution is 0.909. The molecule has 0 saturated heterocycles. The Balaban J connectivity index is 2.88. The second-order valence-electron chi connectivity index (χ2n) is 6.19. The van der Waals surface area contributed by atoms with Crippen LogP contribution in [0.1, 0.15) is 60.1 Å². The highest BCUT2D eigenvalue weighted by Gasteiger charge is 2.13. The van der Waals surface area contributed by atoms with Crippen LogP contribution < -0.4 is 0 Å². The van der Waals surface area contributed by atoms with Crippen LogP contribution in [0.15, 0.2) is 12.1 Å². The van der Waals surface area contributed by atoms with Crippen molar-refractivity contribution in [3.05, 3.63) is 45.5 Å². The molecule has 0 spiro atoms. The first-order valence-corrected chi connectivity index (χ1v) is 8.03. The first-order chi connectivity index (χ1) is 9.51. The SMILES string of the molecule is CCCc1c(C)c(C)cc2c(CCC)c(C)c(C)cc12. The Kier molecular flexibility index (Phi) is 4.52. The summed E-state index contributed by atoms with van der Waals surface area (Å²) in [5, 5.41) is 3.00. The second kappa shape index (κ2) is 5.99. The summed E-state index contributed by atoms with van der Waals surface area (Å²) in [6.07, 6.45) is 4.82. The minimum atomic E-state index is 1.19. The van der Waals surface area contributed by atoms with Gasteiger partial charge >= 0.3 is 0 Å². The molecule has 0 fully saturated rings. The van der Waals surface area contributed by atoms with Crippen molar-refractivity contribution in [2.75, 3.05) is 0 Å². The summed E-state index contributed by atoms with van der Waals surface area (Å²) in [6, 6.07) is 4.84. The number of aryl methyl sites for hydroxylation is 4. The quantitative estimate of drug-likeness (QED) is 0.640. The lowest BCUT2D eigenvalue weighted by Crippen LogP contribution is -2.00. The zero-order valence-electron chi connectivity index (χ0n) is 14.0. The number of hydrogen-bond acceptors (Lipinski definition) is 0. The number of benzene rings is 2. The van der Waals surface area contributed by atoms with Crippen LogP contribution in [-0.2, 0) is 12.8 Å². The maximum absolute atomic E-state index is 2.42. The predicted molar refractivity (Wildman–Crippen MR) is 90.9 cm³/mol. The zero-order valence-corrected chi connectivity index (χ0v) is 14.0. The van der Waals surface area contributed by atoms with Crippen molar-refractivity contribution in [3.63, 3.8) is 0 Å². The average molecular weight is 268 g/mol. The van der Waals surface area contributed by atoms with Crippen LogP contribution in [0.4, 0.5) is 0 Å². The molecule has 0 nitrogen and oxygen atoms in total. The van der Waals surface area contributed by atoms with Gasteiger partial charge in [-0.05, 0) is 84.7 Å². The van der Waals surface area contributed by atoms with E-state index in [1.54, 1.807) is 11.1 Å². The molecular formula is C20H28. The molecular weight excluding hydrogens is 240 g/mol. The van der Waals surface area contributed by atoms with Gasteiger partial charge in [0, 0.05) is 0 Å². The van der Waals surface area contributed by atoms with Gasteiger partial charge in [0.2, 0.25) is 0 Å². The van der Waals surface area contributed by atoms with E-state index in [0.29, 0.717) is 0 Å². The number of fused-ring (bicyclic) bond motifs is 1. The Morgan fingerprint density at radius 1 is 0.650 bits per heavy atom. The van der Waals surface area contributed by atoms with Crippen LogP contribution >= 0.6 is 0 Å². The van der Waals surface area contributed by atoms with Gasteiger partial charge in [-0.25, -0.2) is 0 Å². The molecule has 0 heteroatoms. The van der Waals surface area contributed by atoms with Gasteiger partial charge in [0.1, 0.15) is 0 Å². The maximum Gasteiger partial charge on any atom is -0.0143 e. The van der Waals surface area contributed by atoms with E-state index >= 15 is 0 Å². The van der Waals surface area contributed by atoms with Crippen molar-refractivity contribution in [1.29, 1.82) is 0 Å². The molecule has 108 valence electrons. The highest BCUT2D eigenvalue weighted by molar-refractivity contribution is 5.92. The van der Waals surface area contributed by atoms with Crippen LogP contribution in [0.3, 0.4) is 0 Å². The second-order valence-corrected chi connectivity index (χ2v) is 6.19. The molecule has 0 radical (unpaired) electrons. The monoisotopic (exact) mass is 268 g/mol. The molecule has 0 N–H and O–H groups in total. The molecule has 0 unspecified atom stereocenters. The van der Waals surface area contributed by atoms with Crippen molar-refractivity contribution in [2.24, 2.45) is 0 Å². The molecule has 0 aliphatic rings. The van der Waals surface area contributed by atoms with Gasteiger partial charge in [-0.3, -0.25) is 0 Å². The number of hydrogen-bond donors (Lipinski definition) is 0. The Morgan fingerprint density at radius 2 is 1.00 bits per heavy atom. The Morgan fingerprint density at radius 3 is 1.30 bits per heavy atom. The fourth-order valence-corrected chi connectivity index (χ4v) is 3.33. The van der Waals surface area contributed by atoms with E-state index in [4.69, 9.17) is 0 Å². The molecule has 2 rings (SSSR count). The lowest BCUT2D eigenvalue weighted by atomic mass is 9.86. The minimum absolute atomic E-state index is 1.19. The first kappa shape index (κ1) is 15.1. The summed E-state index contributed by atoms with van der Waals surface area (Å²) >= 11 is 0. The zero-order chi connectivity index (χ0) is 14.9. The largest absolute Gasteiger partial charge is 0.0651 e. The molecule has 0 amide bonds. The van der Waals surface area contributed by atoms with E-state index in [-0.39, 0.29) is 0 Å². The van der Waals surface area contributed by atoms with Gasteiger partial charge in [0.25, 0.3) is 0 Å². The summed E-state index contributed by atoms with van der Waals surface area (Å²) < 4.78 is 0. The average Bonchev–Trinajstić information content (AvgIpc) is 2.42. The number of rotatable bonds is 4. The van der Waals surface area contributed by atoms with Gasteiger partial charge in [-0.2, -0.15) is 0 Å². The summed E-state index contributed by atoms with van der Waals surface area (Å²) in [5.41, 5.74) is 9.02. The van der Waals surface area contributed by atoms with Crippen molar-refractivity contribution in [1.82, 2.24) is 0 Å². The standard InChI is InChI=1S/C20H28/c1-7-9-17-15(5)13(3)12-20-18(10-8-2)16(6)14(4)11-19(17)20/h11-12H,7-10H2,1-6H3. The van der Waals surface area contributed by atoms with E-state index in [2.05, 4.69) is 53.7 Å². The molecule has 20 heavy (non-hydrogen) atoms. The topological polar surface area (TPSA) is 0 Å². The molecule has 2 aromatic rings. The van der Waals surface area contributed by atoms with Crippen LogP contribution in [0, 0.1) is 27.7 Å². The van der Waals surface area contributed by atoms with Crippen LogP contribution in [-0.4, -0.2) is 0 Å². The minimum Gasteiger partial charge on any atom is -0.0651 e. The Hall–Kier alpha value is -1.30. The first-order valence-electron chi connectivity index (χ1n) is 8.03. The smallest absolute Gasteiger partial charge is 0.0143 e. The third kappa shape index (κ3) is 2.49. The van der Waals surface area contributed by atoms with Crippen LogP contribution in [0.5, 0.6) is 0 Å². The molecule has 0 saturated carbocycles.